The Bertz CT molecular complexity index is 187. The van der Waals surface area contributed by atoms with Crippen molar-refractivity contribution in [2.24, 2.45) is 5.92 Å². The number of rotatable bonds is 2. The van der Waals surface area contributed by atoms with Crippen LogP contribution < -0.4 is 0 Å². The van der Waals surface area contributed by atoms with Crippen molar-refractivity contribution in [1.29, 1.82) is 0 Å². The number of alkyl halides is 1. The standard InChI is InChI=1S/C11H21ClO/c1-6-9(12)8-7-10(2,3)13-11(8,4)5/h8-9H,6-7H2,1-5H3. The molecule has 1 rings (SSSR count). The zero-order valence-electron chi connectivity index (χ0n) is 9.36. The maximum Gasteiger partial charge on any atom is 0.0676 e. The molecule has 0 aliphatic carbocycles. The summed E-state index contributed by atoms with van der Waals surface area (Å²) < 4.78 is 5.99. The minimum atomic E-state index is -0.0636. The lowest BCUT2D eigenvalue weighted by Gasteiger charge is -2.29. The fourth-order valence-electron chi connectivity index (χ4n) is 2.45. The van der Waals surface area contributed by atoms with Crippen LogP contribution in [0.3, 0.4) is 0 Å². The summed E-state index contributed by atoms with van der Waals surface area (Å²) in [7, 11) is 0. The monoisotopic (exact) mass is 204 g/mol. The molecule has 1 aliphatic rings. The number of hydrogen-bond acceptors (Lipinski definition) is 1. The van der Waals surface area contributed by atoms with Crippen molar-refractivity contribution in [2.45, 2.75) is 64.0 Å². The Morgan fingerprint density at radius 1 is 1.38 bits per heavy atom. The highest BCUT2D eigenvalue weighted by Gasteiger charge is 2.48. The van der Waals surface area contributed by atoms with Gasteiger partial charge >= 0.3 is 0 Å². The summed E-state index contributed by atoms with van der Waals surface area (Å²) in [6, 6.07) is 0. The highest BCUT2D eigenvalue weighted by molar-refractivity contribution is 6.20. The van der Waals surface area contributed by atoms with Gasteiger partial charge in [-0.25, -0.2) is 0 Å². The van der Waals surface area contributed by atoms with E-state index in [1.165, 1.54) is 0 Å². The zero-order chi connectivity index (χ0) is 10.3. The summed E-state index contributed by atoms with van der Waals surface area (Å²) in [5.41, 5.74) is -0.0671. The third-order valence-electron chi connectivity index (χ3n) is 2.97. The second kappa shape index (κ2) is 3.43. The van der Waals surface area contributed by atoms with Crippen LogP contribution in [0.5, 0.6) is 0 Å². The molecule has 1 heterocycles. The van der Waals surface area contributed by atoms with Crippen LogP contribution in [-0.2, 0) is 4.74 Å². The molecule has 0 aromatic rings. The van der Waals surface area contributed by atoms with Crippen LogP contribution >= 0.6 is 11.6 Å². The summed E-state index contributed by atoms with van der Waals surface area (Å²) in [6.07, 6.45) is 2.09. The molecule has 0 aromatic carbocycles. The lowest BCUT2D eigenvalue weighted by molar-refractivity contribution is -0.0748. The topological polar surface area (TPSA) is 9.23 Å². The quantitative estimate of drug-likeness (QED) is 0.625. The molecular weight excluding hydrogens is 184 g/mol. The fourth-order valence-corrected chi connectivity index (χ4v) is 2.85. The van der Waals surface area contributed by atoms with Crippen LogP contribution in [0.1, 0.15) is 47.5 Å². The largest absolute Gasteiger partial charge is 0.369 e. The minimum absolute atomic E-state index is 0.00350. The molecule has 0 bridgehead atoms. The van der Waals surface area contributed by atoms with E-state index in [1.54, 1.807) is 0 Å². The van der Waals surface area contributed by atoms with E-state index in [0.717, 1.165) is 12.8 Å². The van der Waals surface area contributed by atoms with Gasteiger partial charge < -0.3 is 4.74 Å². The first-order chi connectivity index (χ1) is 5.78. The SMILES string of the molecule is CCC(Cl)C1CC(C)(C)OC1(C)C. The first-order valence-corrected chi connectivity index (χ1v) is 5.56. The van der Waals surface area contributed by atoms with Gasteiger partial charge in [-0.05, 0) is 40.5 Å². The average Bonchev–Trinajstić information content (AvgIpc) is 2.17. The predicted octanol–water partition coefficient (Wildman–Crippen LogP) is 3.60. The molecule has 2 unspecified atom stereocenters. The molecule has 1 saturated heterocycles. The second-order valence-corrected chi connectivity index (χ2v) is 5.76. The van der Waals surface area contributed by atoms with Gasteiger partial charge in [-0.1, -0.05) is 6.92 Å². The third-order valence-corrected chi connectivity index (χ3v) is 3.58. The number of ether oxygens (including phenoxy) is 1. The Morgan fingerprint density at radius 3 is 2.23 bits per heavy atom. The smallest absolute Gasteiger partial charge is 0.0676 e. The average molecular weight is 205 g/mol. The molecule has 0 saturated carbocycles. The molecule has 0 spiro atoms. The molecule has 2 heteroatoms. The van der Waals surface area contributed by atoms with Gasteiger partial charge in [0.05, 0.1) is 11.2 Å². The van der Waals surface area contributed by atoms with Crippen LogP contribution in [0, 0.1) is 5.92 Å². The maximum atomic E-state index is 6.30. The Kier molecular flexibility index (Phi) is 2.99. The van der Waals surface area contributed by atoms with E-state index in [4.69, 9.17) is 16.3 Å². The summed E-state index contributed by atoms with van der Waals surface area (Å²) in [5, 5.41) is 0.247. The van der Waals surface area contributed by atoms with E-state index in [1.807, 2.05) is 0 Å². The van der Waals surface area contributed by atoms with Gasteiger partial charge in [0.2, 0.25) is 0 Å². The van der Waals surface area contributed by atoms with Crippen molar-refractivity contribution < 1.29 is 4.74 Å². The maximum absolute atomic E-state index is 6.30. The van der Waals surface area contributed by atoms with E-state index in [9.17, 15) is 0 Å². The van der Waals surface area contributed by atoms with E-state index in [0.29, 0.717) is 5.92 Å². The Labute approximate surface area is 86.8 Å². The molecule has 78 valence electrons. The van der Waals surface area contributed by atoms with Crippen LogP contribution in [0.25, 0.3) is 0 Å². The molecular formula is C11H21ClO. The molecule has 0 aromatic heterocycles. The lowest BCUT2D eigenvalue weighted by Crippen LogP contribution is -2.33. The normalized spacial score (nSPS) is 33.2. The molecule has 0 N–H and O–H groups in total. The second-order valence-electron chi connectivity index (χ2n) is 5.20. The Balaban J connectivity index is 2.76. The predicted molar refractivity (Wildman–Crippen MR) is 57.3 cm³/mol. The highest BCUT2D eigenvalue weighted by Crippen LogP contribution is 2.45. The molecule has 1 nitrogen and oxygen atoms in total. The van der Waals surface area contributed by atoms with E-state index < -0.39 is 0 Å². The van der Waals surface area contributed by atoms with Crippen LogP contribution in [0.15, 0.2) is 0 Å². The summed E-state index contributed by atoms with van der Waals surface area (Å²) >= 11 is 6.30. The summed E-state index contributed by atoms with van der Waals surface area (Å²) in [4.78, 5) is 0. The van der Waals surface area contributed by atoms with Gasteiger partial charge in [-0.3, -0.25) is 0 Å². The first kappa shape index (κ1) is 11.3. The summed E-state index contributed by atoms with van der Waals surface area (Å²) in [5.74, 6) is 0.481. The van der Waals surface area contributed by atoms with E-state index >= 15 is 0 Å². The molecule has 2 atom stereocenters. The van der Waals surface area contributed by atoms with Gasteiger partial charge in [-0.15, -0.1) is 11.6 Å². The van der Waals surface area contributed by atoms with Gasteiger partial charge in [0.15, 0.2) is 0 Å². The molecule has 0 radical (unpaired) electrons. The zero-order valence-corrected chi connectivity index (χ0v) is 10.1. The van der Waals surface area contributed by atoms with Crippen LogP contribution in [0.4, 0.5) is 0 Å². The van der Waals surface area contributed by atoms with Crippen molar-refractivity contribution >= 4 is 11.6 Å². The van der Waals surface area contributed by atoms with Crippen molar-refractivity contribution in [3.05, 3.63) is 0 Å². The van der Waals surface area contributed by atoms with E-state index in [2.05, 4.69) is 34.6 Å². The van der Waals surface area contributed by atoms with Crippen LogP contribution in [-0.4, -0.2) is 16.6 Å². The highest BCUT2D eigenvalue weighted by atomic mass is 35.5. The molecule has 1 fully saturated rings. The lowest BCUT2D eigenvalue weighted by atomic mass is 9.84. The third kappa shape index (κ3) is 2.38. The van der Waals surface area contributed by atoms with Crippen molar-refractivity contribution in [3.8, 4) is 0 Å². The van der Waals surface area contributed by atoms with Gasteiger partial charge in [-0.2, -0.15) is 0 Å². The van der Waals surface area contributed by atoms with Crippen molar-refractivity contribution in [3.63, 3.8) is 0 Å². The minimum Gasteiger partial charge on any atom is -0.369 e. The summed E-state index contributed by atoms with van der Waals surface area (Å²) in [6.45, 7) is 10.7. The Hall–Kier alpha value is 0.250. The Morgan fingerprint density at radius 2 is 1.92 bits per heavy atom. The number of halogens is 1. The van der Waals surface area contributed by atoms with Gasteiger partial charge in [0, 0.05) is 11.3 Å². The van der Waals surface area contributed by atoms with Crippen molar-refractivity contribution in [2.75, 3.05) is 0 Å². The van der Waals surface area contributed by atoms with Crippen molar-refractivity contribution in [1.82, 2.24) is 0 Å². The first-order valence-electron chi connectivity index (χ1n) is 5.13. The van der Waals surface area contributed by atoms with Crippen LogP contribution in [0.2, 0.25) is 0 Å². The van der Waals surface area contributed by atoms with E-state index in [-0.39, 0.29) is 16.6 Å². The fraction of sp³-hybridized carbons (Fsp3) is 1.00. The number of hydrogen-bond donors (Lipinski definition) is 0. The van der Waals surface area contributed by atoms with Gasteiger partial charge in [0.25, 0.3) is 0 Å². The molecule has 13 heavy (non-hydrogen) atoms. The molecule has 1 aliphatic heterocycles. The molecule has 0 amide bonds. The van der Waals surface area contributed by atoms with Gasteiger partial charge in [0.1, 0.15) is 0 Å².